The highest BCUT2D eigenvalue weighted by molar-refractivity contribution is 5.46. The summed E-state index contributed by atoms with van der Waals surface area (Å²) < 4.78 is 5.38. The maximum Gasteiger partial charge on any atom is 0.213 e. The van der Waals surface area contributed by atoms with Gasteiger partial charge in [0, 0.05) is 25.2 Å². The van der Waals surface area contributed by atoms with Crippen LogP contribution in [-0.4, -0.2) is 37.3 Å². The number of hydrogen-bond donors (Lipinski definition) is 1. The smallest absolute Gasteiger partial charge is 0.213 e. The normalized spacial score (nSPS) is 22.8. The van der Waals surface area contributed by atoms with Crippen molar-refractivity contribution in [2.45, 2.75) is 32.2 Å². The minimum atomic E-state index is 0.672. The molecule has 1 aromatic rings. The molecule has 2 aliphatic rings. The van der Waals surface area contributed by atoms with Gasteiger partial charge in [0.1, 0.15) is 0 Å². The molecule has 3 rings (SSSR count). The number of hydrogen-bond acceptors (Lipinski definition) is 4. The monoisotopic (exact) mass is 261 g/mol. The van der Waals surface area contributed by atoms with E-state index in [1.807, 2.05) is 19.2 Å². The van der Waals surface area contributed by atoms with E-state index in [0.29, 0.717) is 6.61 Å². The molecule has 19 heavy (non-hydrogen) atoms. The predicted octanol–water partition coefficient (Wildman–Crippen LogP) is 2.06. The van der Waals surface area contributed by atoms with Gasteiger partial charge in [0.15, 0.2) is 0 Å². The molecule has 1 aliphatic carbocycles. The molecule has 1 unspecified atom stereocenters. The summed E-state index contributed by atoms with van der Waals surface area (Å²) in [5.41, 5.74) is 1.22. The van der Waals surface area contributed by atoms with Crippen molar-refractivity contribution >= 4 is 5.69 Å². The van der Waals surface area contributed by atoms with Crippen LogP contribution in [0.25, 0.3) is 0 Å². The molecule has 104 valence electrons. The first-order valence-corrected chi connectivity index (χ1v) is 7.42. The molecule has 0 spiro atoms. The van der Waals surface area contributed by atoms with Crippen LogP contribution in [-0.2, 0) is 0 Å². The van der Waals surface area contributed by atoms with Gasteiger partial charge in [-0.3, -0.25) is 0 Å². The Morgan fingerprint density at radius 2 is 2.26 bits per heavy atom. The lowest BCUT2D eigenvalue weighted by Gasteiger charge is -2.18. The van der Waals surface area contributed by atoms with E-state index in [0.717, 1.165) is 30.9 Å². The van der Waals surface area contributed by atoms with Gasteiger partial charge in [-0.05, 0) is 44.7 Å². The van der Waals surface area contributed by atoms with Gasteiger partial charge in [0.05, 0.1) is 18.5 Å². The number of pyridine rings is 1. The summed E-state index contributed by atoms with van der Waals surface area (Å²) >= 11 is 0. The van der Waals surface area contributed by atoms with Crippen LogP contribution in [0, 0.1) is 5.92 Å². The molecule has 0 amide bonds. The number of anilines is 1. The Bertz CT molecular complexity index is 402. The van der Waals surface area contributed by atoms with Crippen LogP contribution in [0.15, 0.2) is 18.3 Å². The fourth-order valence-electron chi connectivity index (χ4n) is 2.65. The molecule has 4 nitrogen and oxygen atoms in total. The van der Waals surface area contributed by atoms with E-state index in [1.165, 1.54) is 31.5 Å². The maximum absolute atomic E-state index is 5.38. The van der Waals surface area contributed by atoms with E-state index in [-0.39, 0.29) is 0 Å². The number of nitrogens with zero attached hydrogens (tertiary/aromatic N) is 2. The number of ether oxygens (including phenoxy) is 1. The second kappa shape index (κ2) is 5.78. The second-order valence-corrected chi connectivity index (χ2v) is 5.57. The van der Waals surface area contributed by atoms with Gasteiger partial charge in [-0.1, -0.05) is 0 Å². The zero-order chi connectivity index (χ0) is 13.1. The molecule has 0 aromatic carbocycles. The van der Waals surface area contributed by atoms with E-state index in [9.17, 15) is 0 Å². The highest BCUT2D eigenvalue weighted by Gasteiger charge is 2.26. The lowest BCUT2D eigenvalue weighted by atomic mass is 10.1. The third-order valence-electron chi connectivity index (χ3n) is 3.94. The first kappa shape index (κ1) is 12.7. The molecule has 2 fully saturated rings. The summed E-state index contributed by atoms with van der Waals surface area (Å²) in [7, 11) is 0. The second-order valence-electron chi connectivity index (χ2n) is 5.57. The number of nitrogens with one attached hydrogen (secondary N) is 1. The van der Waals surface area contributed by atoms with Gasteiger partial charge in [0.25, 0.3) is 0 Å². The zero-order valence-electron chi connectivity index (χ0n) is 11.6. The molecular weight excluding hydrogens is 238 g/mol. The lowest BCUT2D eigenvalue weighted by molar-refractivity contribution is 0.327. The molecule has 1 saturated heterocycles. The largest absolute Gasteiger partial charge is 0.478 e. The fourth-order valence-corrected chi connectivity index (χ4v) is 2.65. The van der Waals surface area contributed by atoms with Crippen molar-refractivity contribution in [2.24, 2.45) is 5.92 Å². The van der Waals surface area contributed by atoms with E-state index in [1.54, 1.807) is 0 Å². The minimum Gasteiger partial charge on any atom is -0.478 e. The standard InChI is InChI=1S/C15H23N3O/c1-2-19-15-6-5-14(10-17-15)18-8-7-12(11-18)9-16-13-3-4-13/h5-6,10,12-13,16H,2-4,7-9,11H2,1H3. The van der Waals surface area contributed by atoms with Crippen molar-refractivity contribution in [2.75, 3.05) is 31.1 Å². The van der Waals surface area contributed by atoms with Crippen LogP contribution >= 0.6 is 0 Å². The van der Waals surface area contributed by atoms with Crippen LogP contribution in [0.2, 0.25) is 0 Å². The Kier molecular flexibility index (Phi) is 3.87. The Balaban J connectivity index is 1.51. The van der Waals surface area contributed by atoms with Crippen molar-refractivity contribution in [3.8, 4) is 5.88 Å². The minimum absolute atomic E-state index is 0.672. The summed E-state index contributed by atoms with van der Waals surface area (Å²) in [4.78, 5) is 6.78. The van der Waals surface area contributed by atoms with Crippen molar-refractivity contribution in [3.05, 3.63) is 18.3 Å². The summed E-state index contributed by atoms with van der Waals surface area (Å²) in [6, 6.07) is 4.91. The van der Waals surface area contributed by atoms with E-state index in [4.69, 9.17) is 4.74 Å². The Hall–Kier alpha value is -1.29. The summed E-state index contributed by atoms with van der Waals surface area (Å²) in [6.45, 7) is 6.12. The Morgan fingerprint density at radius 3 is 2.95 bits per heavy atom. The van der Waals surface area contributed by atoms with Crippen molar-refractivity contribution in [3.63, 3.8) is 0 Å². The molecule has 1 N–H and O–H groups in total. The van der Waals surface area contributed by atoms with Crippen LogP contribution in [0.1, 0.15) is 26.2 Å². The van der Waals surface area contributed by atoms with Gasteiger partial charge >= 0.3 is 0 Å². The first-order valence-electron chi connectivity index (χ1n) is 7.42. The van der Waals surface area contributed by atoms with Crippen LogP contribution in [0.4, 0.5) is 5.69 Å². The third-order valence-corrected chi connectivity index (χ3v) is 3.94. The van der Waals surface area contributed by atoms with Crippen molar-refractivity contribution in [1.82, 2.24) is 10.3 Å². The van der Waals surface area contributed by atoms with Gasteiger partial charge in [-0.2, -0.15) is 0 Å². The average molecular weight is 261 g/mol. The molecule has 1 aromatic heterocycles. The van der Waals surface area contributed by atoms with E-state index >= 15 is 0 Å². The SMILES string of the molecule is CCOc1ccc(N2CCC(CNC3CC3)C2)cn1. The summed E-state index contributed by atoms with van der Waals surface area (Å²) in [5.74, 6) is 1.50. The Morgan fingerprint density at radius 1 is 1.37 bits per heavy atom. The highest BCUT2D eigenvalue weighted by atomic mass is 16.5. The van der Waals surface area contributed by atoms with Gasteiger partial charge < -0.3 is 15.0 Å². The number of aromatic nitrogens is 1. The van der Waals surface area contributed by atoms with Gasteiger partial charge in [0.2, 0.25) is 5.88 Å². The quantitative estimate of drug-likeness (QED) is 0.850. The Labute approximate surface area is 115 Å². The fraction of sp³-hybridized carbons (Fsp3) is 0.667. The molecule has 2 heterocycles. The molecular formula is C15H23N3O. The summed E-state index contributed by atoms with van der Waals surface area (Å²) in [6.07, 6.45) is 5.97. The maximum atomic E-state index is 5.38. The van der Waals surface area contributed by atoms with Crippen molar-refractivity contribution < 1.29 is 4.74 Å². The number of rotatable bonds is 6. The van der Waals surface area contributed by atoms with Crippen LogP contribution in [0.5, 0.6) is 5.88 Å². The van der Waals surface area contributed by atoms with E-state index in [2.05, 4.69) is 21.3 Å². The van der Waals surface area contributed by atoms with Gasteiger partial charge in [-0.25, -0.2) is 4.98 Å². The molecule has 1 atom stereocenters. The predicted molar refractivity (Wildman–Crippen MR) is 76.8 cm³/mol. The highest BCUT2D eigenvalue weighted by Crippen LogP contribution is 2.25. The molecule has 1 saturated carbocycles. The van der Waals surface area contributed by atoms with Crippen LogP contribution < -0.4 is 15.0 Å². The summed E-state index contributed by atoms with van der Waals surface area (Å²) in [5, 5.41) is 3.63. The lowest BCUT2D eigenvalue weighted by Crippen LogP contribution is -2.27. The molecule has 1 aliphatic heterocycles. The van der Waals surface area contributed by atoms with E-state index < -0.39 is 0 Å². The molecule has 0 bridgehead atoms. The topological polar surface area (TPSA) is 37.4 Å². The average Bonchev–Trinajstić information content (AvgIpc) is 3.15. The molecule has 0 radical (unpaired) electrons. The van der Waals surface area contributed by atoms with Crippen molar-refractivity contribution in [1.29, 1.82) is 0 Å². The third kappa shape index (κ3) is 3.38. The van der Waals surface area contributed by atoms with Gasteiger partial charge in [-0.15, -0.1) is 0 Å². The van der Waals surface area contributed by atoms with Crippen LogP contribution in [0.3, 0.4) is 0 Å². The first-order chi connectivity index (χ1) is 9.35. The molecule has 4 heteroatoms. The zero-order valence-corrected chi connectivity index (χ0v) is 11.6.